The summed E-state index contributed by atoms with van der Waals surface area (Å²) in [5.41, 5.74) is 5.42. The van der Waals surface area contributed by atoms with Gasteiger partial charge in [0.05, 0.1) is 43.1 Å². The topological polar surface area (TPSA) is 125 Å². The van der Waals surface area contributed by atoms with Gasteiger partial charge in [-0.15, -0.1) is 0 Å². The number of hydrogen-bond acceptors (Lipinski definition) is 9. The van der Waals surface area contributed by atoms with Crippen LogP contribution in [0.4, 0.5) is 29.6 Å². The zero-order valence-corrected chi connectivity index (χ0v) is 21.4. The molecule has 1 aliphatic heterocycles. The van der Waals surface area contributed by atoms with E-state index < -0.39 is 23.9 Å². The molecule has 3 heterocycles. The van der Waals surface area contributed by atoms with Crippen molar-refractivity contribution in [2.24, 2.45) is 0 Å². The highest BCUT2D eigenvalue weighted by atomic mass is 19.4. The van der Waals surface area contributed by atoms with E-state index in [4.69, 9.17) is 19.9 Å². The first-order valence-electron chi connectivity index (χ1n) is 11.9. The molecule has 3 N–H and O–H groups in total. The molecule has 1 amide bonds. The Morgan fingerprint density at radius 2 is 1.95 bits per heavy atom. The quantitative estimate of drug-likeness (QED) is 0.443. The van der Waals surface area contributed by atoms with Crippen molar-refractivity contribution in [1.29, 1.82) is 0 Å². The number of amides is 1. The van der Waals surface area contributed by atoms with E-state index in [1.807, 2.05) is 0 Å². The lowest BCUT2D eigenvalue weighted by molar-refractivity contribution is -0.137. The summed E-state index contributed by atoms with van der Waals surface area (Å²) < 4.78 is 56.4. The van der Waals surface area contributed by atoms with Gasteiger partial charge in [-0.25, -0.2) is 19.7 Å². The van der Waals surface area contributed by atoms with Crippen molar-refractivity contribution in [1.82, 2.24) is 19.9 Å². The average molecular weight is 535 g/mol. The van der Waals surface area contributed by atoms with Crippen LogP contribution in [-0.4, -0.2) is 59.4 Å². The van der Waals surface area contributed by atoms with E-state index in [0.717, 1.165) is 25.0 Å². The maximum absolute atomic E-state index is 13.3. The second-order valence-corrected chi connectivity index (χ2v) is 8.98. The molecule has 2 aromatic heterocycles. The average Bonchev–Trinajstić information content (AvgIpc) is 3.34. The largest absolute Gasteiger partial charge is 0.493 e. The number of carbonyl (C=O) groups is 1. The lowest BCUT2D eigenvalue weighted by Gasteiger charge is -2.24. The van der Waals surface area contributed by atoms with Gasteiger partial charge in [0, 0.05) is 18.0 Å². The molecule has 2 atom stereocenters. The fraction of sp³-hybridized carbons (Fsp3) is 0.440. The number of methoxy groups -OCH3 is 2. The molecular weight excluding hydrogens is 505 g/mol. The van der Waals surface area contributed by atoms with E-state index in [9.17, 15) is 18.0 Å². The first kappa shape index (κ1) is 27.0. The molecule has 0 bridgehead atoms. The van der Waals surface area contributed by atoms with Crippen molar-refractivity contribution < 1.29 is 32.2 Å². The van der Waals surface area contributed by atoms with E-state index >= 15 is 0 Å². The number of hydrogen-bond donors (Lipinski definition) is 2. The summed E-state index contributed by atoms with van der Waals surface area (Å²) in [6.07, 6.45) is -3.36. The lowest BCUT2D eigenvalue weighted by Crippen LogP contribution is -2.38. The van der Waals surface area contributed by atoms with Crippen molar-refractivity contribution in [3.05, 3.63) is 41.3 Å². The van der Waals surface area contributed by atoms with Crippen LogP contribution in [0.15, 0.2) is 24.3 Å². The number of alkyl halides is 3. The number of nitrogens with two attached hydrogens (primary N) is 1. The fourth-order valence-electron chi connectivity index (χ4n) is 4.43. The van der Waals surface area contributed by atoms with Crippen molar-refractivity contribution in [2.45, 2.75) is 44.9 Å². The summed E-state index contributed by atoms with van der Waals surface area (Å²) in [4.78, 5) is 26.7. The van der Waals surface area contributed by atoms with E-state index in [-0.39, 0.29) is 24.2 Å². The summed E-state index contributed by atoms with van der Waals surface area (Å²) in [7, 11) is 2.84. The Kier molecular flexibility index (Phi) is 7.65. The summed E-state index contributed by atoms with van der Waals surface area (Å²) in [5, 5.41) is 3.70. The zero-order valence-electron chi connectivity index (χ0n) is 21.4. The van der Waals surface area contributed by atoms with Gasteiger partial charge in [-0.05, 0) is 44.9 Å². The molecule has 4 rings (SSSR count). The van der Waals surface area contributed by atoms with E-state index in [1.165, 1.54) is 14.2 Å². The van der Waals surface area contributed by atoms with Gasteiger partial charge in [-0.1, -0.05) is 0 Å². The number of aromatic nitrogens is 3. The maximum Gasteiger partial charge on any atom is 0.416 e. The number of pyridine rings is 1. The summed E-state index contributed by atoms with van der Waals surface area (Å²) in [5.74, 6) is 1.42. The molecule has 1 saturated heterocycles. The second kappa shape index (κ2) is 10.8. The number of carbonyl (C=O) groups excluding carboxylic acids is 1. The number of nitrogen functional groups attached to an aromatic ring is 1. The van der Waals surface area contributed by atoms with E-state index in [0.29, 0.717) is 40.6 Å². The van der Waals surface area contributed by atoms with Crippen LogP contribution >= 0.6 is 0 Å². The van der Waals surface area contributed by atoms with Crippen LogP contribution in [0, 0.1) is 6.92 Å². The SMILES string of the molecule is COC(=O)N1CCC[C@H]1COc1cc2c(N[C@H](C)c3cc(C(F)(F)F)cc(N)n3)nc(C)nc2cc1OC. The van der Waals surface area contributed by atoms with Crippen molar-refractivity contribution in [3.8, 4) is 11.5 Å². The van der Waals surface area contributed by atoms with Crippen LogP contribution in [0.2, 0.25) is 0 Å². The van der Waals surface area contributed by atoms with Gasteiger partial charge < -0.3 is 30.2 Å². The molecule has 0 aliphatic carbocycles. The molecule has 13 heteroatoms. The minimum atomic E-state index is -4.56. The van der Waals surface area contributed by atoms with Crippen molar-refractivity contribution in [3.63, 3.8) is 0 Å². The van der Waals surface area contributed by atoms with Gasteiger partial charge in [0.15, 0.2) is 11.5 Å². The number of halogens is 3. The van der Waals surface area contributed by atoms with Gasteiger partial charge in [-0.3, -0.25) is 0 Å². The Morgan fingerprint density at radius 1 is 1.18 bits per heavy atom. The number of nitrogens with zero attached hydrogens (tertiary/aromatic N) is 4. The normalized spacial score (nSPS) is 16.4. The third-order valence-corrected chi connectivity index (χ3v) is 6.30. The zero-order chi connectivity index (χ0) is 27.6. The highest BCUT2D eigenvalue weighted by molar-refractivity contribution is 5.92. The minimum absolute atomic E-state index is 0.107. The second-order valence-electron chi connectivity index (χ2n) is 8.98. The third kappa shape index (κ3) is 5.76. The molecular formula is C25H29F3N6O4. The molecule has 1 aromatic carbocycles. The van der Waals surface area contributed by atoms with Gasteiger partial charge in [0.2, 0.25) is 0 Å². The Balaban J connectivity index is 1.65. The minimum Gasteiger partial charge on any atom is -0.493 e. The standard InChI is InChI=1S/C25H29F3N6O4/c1-13(18-8-15(25(26,27)28)9-22(29)33-18)30-23-17-10-21(20(36-3)11-19(17)31-14(2)32-23)38-12-16-6-5-7-34(16)24(35)37-4/h8-11,13,16H,5-7,12H2,1-4H3,(H2,29,33)(H,30,31,32)/t13-,16+/m1/s1. The molecule has 1 fully saturated rings. The highest BCUT2D eigenvalue weighted by Crippen LogP contribution is 2.37. The number of ether oxygens (including phenoxy) is 3. The monoisotopic (exact) mass is 534 g/mol. The van der Waals surface area contributed by atoms with E-state index in [1.54, 1.807) is 30.9 Å². The number of anilines is 2. The number of fused-ring (bicyclic) bond motifs is 1. The Labute approximate surface area is 217 Å². The predicted octanol–water partition coefficient (Wildman–Crippen LogP) is 4.73. The van der Waals surface area contributed by atoms with Crippen LogP contribution in [-0.2, 0) is 10.9 Å². The van der Waals surface area contributed by atoms with Gasteiger partial charge >= 0.3 is 12.3 Å². The first-order chi connectivity index (χ1) is 18.0. The third-order valence-electron chi connectivity index (χ3n) is 6.30. The maximum atomic E-state index is 13.3. The lowest BCUT2D eigenvalue weighted by atomic mass is 10.1. The van der Waals surface area contributed by atoms with Crippen LogP contribution in [0.25, 0.3) is 10.9 Å². The van der Waals surface area contributed by atoms with Crippen LogP contribution < -0.4 is 20.5 Å². The van der Waals surface area contributed by atoms with Gasteiger partial charge in [0.25, 0.3) is 0 Å². The summed E-state index contributed by atoms with van der Waals surface area (Å²) in [6, 6.07) is 4.32. The number of nitrogens with one attached hydrogen (secondary N) is 1. The highest BCUT2D eigenvalue weighted by Gasteiger charge is 2.32. The number of benzene rings is 1. The molecule has 0 unspecified atom stereocenters. The number of rotatable bonds is 7. The van der Waals surface area contributed by atoms with Gasteiger partial charge in [0.1, 0.15) is 24.1 Å². The Morgan fingerprint density at radius 3 is 2.63 bits per heavy atom. The number of likely N-dealkylation sites (tertiary alicyclic amines) is 1. The Hall–Kier alpha value is -4.03. The first-order valence-corrected chi connectivity index (χ1v) is 11.9. The summed E-state index contributed by atoms with van der Waals surface area (Å²) >= 11 is 0. The molecule has 3 aromatic rings. The molecule has 0 saturated carbocycles. The van der Waals surface area contributed by atoms with Gasteiger partial charge in [-0.2, -0.15) is 13.2 Å². The molecule has 204 valence electrons. The van der Waals surface area contributed by atoms with Crippen LogP contribution in [0.3, 0.4) is 0 Å². The molecule has 0 radical (unpaired) electrons. The smallest absolute Gasteiger partial charge is 0.416 e. The molecule has 10 nitrogen and oxygen atoms in total. The van der Waals surface area contributed by atoms with Crippen LogP contribution in [0.5, 0.6) is 11.5 Å². The molecule has 0 spiro atoms. The van der Waals surface area contributed by atoms with Crippen molar-refractivity contribution >= 4 is 28.6 Å². The Bertz CT molecular complexity index is 1340. The predicted molar refractivity (Wildman–Crippen MR) is 134 cm³/mol. The molecule has 38 heavy (non-hydrogen) atoms. The van der Waals surface area contributed by atoms with Crippen LogP contribution in [0.1, 0.15) is 42.9 Å². The number of aryl methyl sites for hydroxylation is 1. The van der Waals surface area contributed by atoms with E-state index in [2.05, 4.69) is 20.3 Å². The fourth-order valence-corrected chi connectivity index (χ4v) is 4.43. The molecule has 1 aliphatic rings. The summed E-state index contributed by atoms with van der Waals surface area (Å²) in [6.45, 7) is 4.17. The van der Waals surface area contributed by atoms with Crippen molar-refractivity contribution in [2.75, 3.05) is 38.4 Å².